The summed E-state index contributed by atoms with van der Waals surface area (Å²) in [5.41, 5.74) is 1.21. The Hall–Kier alpha value is -3.66. The van der Waals surface area contributed by atoms with Crippen LogP contribution < -0.4 is 10.9 Å². The number of nitrogens with one attached hydrogen (secondary N) is 1. The van der Waals surface area contributed by atoms with Gasteiger partial charge in [-0.25, -0.2) is 4.79 Å². The molecule has 4 rings (SSSR count). The molecule has 0 saturated carbocycles. The summed E-state index contributed by atoms with van der Waals surface area (Å²) < 4.78 is 1.42. The lowest BCUT2D eigenvalue weighted by Gasteiger charge is -2.15. The Morgan fingerprint density at radius 2 is 1.94 bits per heavy atom. The number of thioether (sulfide) groups is 1. The van der Waals surface area contributed by atoms with Crippen molar-refractivity contribution in [1.82, 2.24) is 9.88 Å². The average Bonchev–Trinajstić information content (AvgIpc) is 3.04. The van der Waals surface area contributed by atoms with Gasteiger partial charge in [0, 0.05) is 46.6 Å². The molecule has 0 aliphatic heterocycles. The van der Waals surface area contributed by atoms with Gasteiger partial charge in [-0.2, -0.15) is 0 Å². The van der Waals surface area contributed by atoms with Gasteiger partial charge in [-0.15, -0.1) is 11.8 Å². The van der Waals surface area contributed by atoms with Gasteiger partial charge in [0.15, 0.2) is 5.78 Å². The number of aromatic nitrogens is 1. The minimum Gasteiger partial charge on any atom is -0.465 e. The minimum atomic E-state index is -1.17. The zero-order valence-corrected chi connectivity index (χ0v) is 17.2. The van der Waals surface area contributed by atoms with E-state index < -0.39 is 16.6 Å². The lowest BCUT2D eigenvalue weighted by Crippen LogP contribution is -2.27. The lowest BCUT2D eigenvalue weighted by atomic mass is 10.0. The number of carboxylic acid groups (broad SMARTS) is 1. The largest absolute Gasteiger partial charge is 0.465 e. The summed E-state index contributed by atoms with van der Waals surface area (Å²) in [6, 6.07) is 9.37. The molecular weight excluding hydrogens is 422 g/mol. The number of amides is 1. The Balaban J connectivity index is 1.96. The molecule has 3 aromatic rings. The van der Waals surface area contributed by atoms with Crippen LogP contribution >= 0.6 is 11.8 Å². The van der Waals surface area contributed by atoms with Crippen LogP contribution in [0.15, 0.2) is 46.1 Å². The van der Waals surface area contributed by atoms with Gasteiger partial charge in [-0.3, -0.25) is 19.7 Å². The molecule has 1 aromatic heterocycles. The van der Waals surface area contributed by atoms with Crippen molar-refractivity contribution < 1.29 is 19.6 Å². The Morgan fingerprint density at radius 1 is 1.16 bits per heavy atom. The van der Waals surface area contributed by atoms with E-state index in [-0.39, 0.29) is 29.9 Å². The number of carbonyl (C=O) groups is 2. The molecule has 0 unspecified atom stereocenters. The molecule has 31 heavy (non-hydrogen) atoms. The highest BCUT2D eigenvalue weighted by Crippen LogP contribution is 2.41. The first kappa shape index (κ1) is 20.6. The van der Waals surface area contributed by atoms with Crippen LogP contribution in [0.3, 0.4) is 0 Å². The molecule has 1 aliphatic rings. The van der Waals surface area contributed by atoms with E-state index in [9.17, 15) is 24.5 Å². The molecule has 1 amide bonds. The Bertz CT molecular complexity index is 1330. The smallest absolute Gasteiger partial charge is 0.404 e. The maximum Gasteiger partial charge on any atom is 0.404 e. The van der Waals surface area contributed by atoms with Gasteiger partial charge in [0.05, 0.1) is 21.6 Å². The summed E-state index contributed by atoms with van der Waals surface area (Å²) in [6.07, 6.45) is 1.04. The quantitative estimate of drug-likeness (QED) is 0.203. The molecule has 1 aliphatic carbocycles. The average molecular weight is 439 g/mol. The molecule has 0 radical (unpaired) electrons. The number of nitro benzene ring substituents is 1. The van der Waals surface area contributed by atoms with Gasteiger partial charge in [0.1, 0.15) is 0 Å². The number of pyridine rings is 1. The minimum absolute atomic E-state index is 0.0883. The van der Waals surface area contributed by atoms with Crippen molar-refractivity contribution in [3.05, 3.63) is 68.0 Å². The monoisotopic (exact) mass is 439 g/mol. The number of non-ortho nitro benzene ring substituents is 1. The van der Waals surface area contributed by atoms with Gasteiger partial charge >= 0.3 is 6.09 Å². The van der Waals surface area contributed by atoms with Crippen molar-refractivity contribution >= 4 is 40.1 Å². The number of hydrogen-bond donors (Lipinski definition) is 2. The molecule has 0 spiro atoms. The molecule has 2 aromatic carbocycles. The summed E-state index contributed by atoms with van der Waals surface area (Å²) in [4.78, 5) is 48.9. The summed E-state index contributed by atoms with van der Waals surface area (Å²) in [6.45, 7) is 0.271. The van der Waals surface area contributed by atoms with Crippen LogP contribution in [0.2, 0.25) is 0 Å². The predicted octanol–water partition coefficient (Wildman–Crippen LogP) is 3.50. The SMILES string of the molecule is CSc1ccc2c(c1)C(=O)c1c-2n(CCCNC(=O)O)c(=O)c2cc([N+](=O)[O-])ccc12. The van der Waals surface area contributed by atoms with Gasteiger partial charge in [0.25, 0.3) is 11.2 Å². The highest BCUT2D eigenvalue weighted by Gasteiger charge is 2.33. The zero-order valence-electron chi connectivity index (χ0n) is 16.4. The van der Waals surface area contributed by atoms with Gasteiger partial charge in [-0.05, 0) is 30.9 Å². The number of fused-ring (bicyclic) bond motifs is 5. The fourth-order valence-electron chi connectivity index (χ4n) is 3.89. The van der Waals surface area contributed by atoms with Crippen LogP contribution in [-0.4, -0.2) is 39.3 Å². The van der Waals surface area contributed by atoms with Crippen molar-refractivity contribution in [3.8, 4) is 11.3 Å². The van der Waals surface area contributed by atoms with E-state index in [0.29, 0.717) is 34.2 Å². The molecule has 9 nitrogen and oxygen atoms in total. The highest BCUT2D eigenvalue weighted by atomic mass is 32.2. The summed E-state index contributed by atoms with van der Waals surface area (Å²) >= 11 is 1.49. The van der Waals surface area contributed by atoms with Crippen LogP contribution in [0, 0.1) is 10.1 Å². The second-order valence-corrected chi connectivity index (χ2v) is 7.87. The van der Waals surface area contributed by atoms with Crippen molar-refractivity contribution in [3.63, 3.8) is 0 Å². The van der Waals surface area contributed by atoms with E-state index in [1.54, 1.807) is 12.1 Å². The van der Waals surface area contributed by atoms with E-state index in [2.05, 4.69) is 5.32 Å². The number of nitrogens with zero attached hydrogens (tertiary/aromatic N) is 2. The fourth-order valence-corrected chi connectivity index (χ4v) is 4.33. The second kappa shape index (κ2) is 7.88. The number of benzene rings is 2. The van der Waals surface area contributed by atoms with E-state index in [4.69, 9.17) is 5.11 Å². The third-order valence-corrected chi connectivity index (χ3v) is 5.98. The first-order chi connectivity index (χ1) is 14.8. The van der Waals surface area contributed by atoms with Crippen LogP contribution in [0.1, 0.15) is 22.3 Å². The Labute approximate surface area is 179 Å². The molecule has 1 heterocycles. The number of rotatable bonds is 6. The molecule has 0 bridgehead atoms. The van der Waals surface area contributed by atoms with Crippen LogP contribution in [0.25, 0.3) is 22.0 Å². The van der Waals surface area contributed by atoms with Crippen LogP contribution in [0.5, 0.6) is 0 Å². The lowest BCUT2D eigenvalue weighted by molar-refractivity contribution is -0.384. The molecule has 0 saturated heterocycles. The Morgan fingerprint density at radius 3 is 2.61 bits per heavy atom. The van der Waals surface area contributed by atoms with Crippen molar-refractivity contribution in [2.45, 2.75) is 17.9 Å². The number of carbonyl (C=O) groups excluding carboxylic acids is 1. The van der Waals surface area contributed by atoms with Crippen molar-refractivity contribution in [2.75, 3.05) is 12.8 Å². The highest BCUT2D eigenvalue weighted by molar-refractivity contribution is 7.98. The molecule has 2 N–H and O–H groups in total. The van der Waals surface area contributed by atoms with Crippen LogP contribution in [0.4, 0.5) is 10.5 Å². The van der Waals surface area contributed by atoms with Gasteiger partial charge < -0.3 is 15.0 Å². The normalized spacial score (nSPS) is 12.0. The van der Waals surface area contributed by atoms with Gasteiger partial charge in [-0.1, -0.05) is 6.07 Å². The fraction of sp³-hybridized carbons (Fsp3) is 0.190. The molecule has 10 heteroatoms. The van der Waals surface area contributed by atoms with E-state index in [1.165, 1.54) is 34.5 Å². The van der Waals surface area contributed by atoms with E-state index in [1.807, 2.05) is 12.3 Å². The second-order valence-electron chi connectivity index (χ2n) is 6.99. The number of hydrogen-bond acceptors (Lipinski definition) is 6. The van der Waals surface area contributed by atoms with E-state index >= 15 is 0 Å². The van der Waals surface area contributed by atoms with Crippen molar-refractivity contribution in [2.24, 2.45) is 0 Å². The first-order valence-corrected chi connectivity index (χ1v) is 10.6. The Kier molecular flexibility index (Phi) is 5.24. The third kappa shape index (κ3) is 3.44. The number of ketones is 1. The summed E-state index contributed by atoms with van der Waals surface area (Å²) in [5, 5.41) is 22.7. The predicted molar refractivity (Wildman–Crippen MR) is 116 cm³/mol. The summed E-state index contributed by atoms with van der Waals surface area (Å²) in [5.74, 6) is -0.239. The zero-order chi connectivity index (χ0) is 22.3. The van der Waals surface area contributed by atoms with Crippen LogP contribution in [-0.2, 0) is 6.54 Å². The first-order valence-electron chi connectivity index (χ1n) is 9.38. The third-order valence-electron chi connectivity index (χ3n) is 5.25. The number of nitro groups is 1. The molecular formula is C21H17N3O6S. The molecule has 158 valence electrons. The maximum atomic E-state index is 13.3. The standard InChI is InChI=1S/C21H17N3O6S/c1-31-12-4-6-14-15(10-12)19(25)17-13-5-3-11(24(29)30)9-16(13)20(26)23(18(14)17)8-2-7-22-21(27)28/h3-6,9-10,22H,2,7-8H2,1H3,(H,27,28). The topological polar surface area (TPSA) is 132 Å². The molecule has 0 atom stereocenters. The summed E-state index contributed by atoms with van der Waals surface area (Å²) in [7, 11) is 0. The maximum absolute atomic E-state index is 13.3. The van der Waals surface area contributed by atoms with Gasteiger partial charge in [0.2, 0.25) is 0 Å². The molecule has 0 fully saturated rings. The van der Waals surface area contributed by atoms with Crippen molar-refractivity contribution in [1.29, 1.82) is 0 Å². The van der Waals surface area contributed by atoms with E-state index in [0.717, 1.165) is 4.90 Å².